The molecule has 2 aliphatic carbocycles. The van der Waals surface area contributed by atoms with E-state index < -0.39 is 0 Å². The van der Waals surface area contributed by atoms with Gasteiger partial charge in [0.05, 0.1) is 0 Å². The molecule has 0 spiro atoms. The van der Waals surface area contributed by atoms with Gasteiger partial charge in [-0.25, -0.2) is 0 Å². The van der Waals surface area contributed by atoms with Gasteiger partial charge in [0.15, 0.2) is 0 Å². The van der Waals surface area contributed by atoms with Crippen molar-refractivity contribution in [1.29, 1.82) is 0 Å². The molecule has 1 heteroatoms. The van der Waals surface area contributed by atoms with E-state index in [4.69, 9.17) is 0 Å². The Morgan fingerprint density at radius 1 is 1.07 bits per heavy atom. The Hall–Kier alpha value is -1.76. The van der Waals surface area contributed by atoms with Gasteiger partial charge < -0.3 is 5.11 Å². The molecule has 0 unspecified atom stereocenters. The highest BCUT2D eigenvalue weighted by Crippen LogP contribution is 2.25. The number of allylic oxidation sites excluding steroid dienone is 3. The van der Waals surface area contributed by atoms with Gasteiger partial charge >= 0.3 is 0 Å². The van der Waals surface area contributed by atoms with E-state index in [1.54, 1.807) is 0 Å². The average molecular weight is 182 g/mol. The standard InChI is InChI=1S/C13H10O/c14-13-8-9-4-3-7-10(9)11-5-1-2-6-12(11)13/h1-7,14H,8H2. The van der Waals surface area contributed by atoms with Crippen molar-refractivity contribution in [3.63, 3.8) is 0 Å². The van der Waals surface area contributed by atoms with E-state index in [-0.39, 0.29) is 0 Å². The van der Waals surface area contributed by atoms with Crippen LogP contribution < -0.4 is 10.4 Å². The van der Waals surface area contributed by atoms with Crippen LogP contribution in [-0.2, 0) is 0 Å². The maximum atomic E-state index is 9.84. The highest BCUT2D eigenvalue weighted by atomic mass is 16.3. The molecule has 0 saturated carbocycles. The number of benzene rings is 1. The summed E-state index contributed by atoms with van der Waals surface area (Å²) in [5.74, 6) is 0.485. The fraction of sp³-hybridized carbons (Fsp3) is 0.0769. The number of aliphatic hydroxyl groups is 1. The zero-order valence-electron chi connectivity index (χ0n) is 7.70. The van der Waals surface area contributed by atoms with Gasteiger partial charge in [-0.1, -0.05) is 42.5 Å². The molecular weight excluding hydrogens is 172 g/mol. The minimum Gasteiger partial charge on any atom is -0.511 e. The van der Waals surface area contributed by atoms with Crippen molar-refractivity contribution in [2.75, 3.05) is 0 Å². The topological polar surface area (TPSA) is 20.2 Å². The summed E-state index contributed by atoms with van der Waals surface area (Å²) in [5, 5.41) is 12.0. The van der Waals surface area contributed by atoms with Crippen molar-refractivity contribution in [2.24, 2.45) is 0 Å². The molecule has 0 fully saturated rings. The molecule has 0 aliphatic heterocycles. The lowest BCUT2D eigenvalue weighted by Gasteiger charge is -2.11. The second kappa shape index (κ2) is 2.61. The van der Waals surface area contributed by atoms with Crippen LogP contribution >= 0.6 is 0 Å². The molecule has 0 radical (unpaired) electrons. The quantitative estimate of drug-likeness (QED) is 0.643. The zero-order chi connectivity index (χ0) is 9.54. The predicted octanol–water partition coefficient (Wildman–Crippen LogP) is 1.40. The van der Waals surface area contributed by atoms with E-state index in [1.165, 1.54) is 11.1 Å². The third-order valence-corrected chi connectivity index (χ3v) is 2.79. The molecule has 0 amide bonds. The summed E-state index contributed by atoms with van der Waals surface area (Å²) in [6, 6.07) is 8.00. The van der Waals surface area contributed by atoms with Crippen molar-refractivity contribution in [3.05, 3.63) is 58.5 Å². The van der Waals surface area contributed by atoms with Gasteiger partial charge in [0.25, 0.3) is 0 Å². The summed E-state index contributed by atoms with van der Waals surface area (Å²) in [6.45, 7) is 0. The molecule has 68 valence electrons. The van der Waals surface area contributed by atoms with Crippen LogP contribution in [0.1, 0.15) is 6.42 Å². The molecule has 1 aromatic rings. The first-order valence-corrected chi connectivity index (χ1v) is 4.75. The number of hydrogen-bond donors (Lipinski definition) is 1. The molecular formula is C13H10O. The third-order valence-electron chi connectivity index (χ3n) is 2.79. The molecule has 1 N–H and O–H groups in total. The smallest absolute Gasteiger partial charge is 0.104 e. The first kappa shape index (κ1) is 7.63. The summed E-state index contributed by atoms with van der Waals surface area (Å²) < 4.78 is 0. The van der Waals surface area contributed by atoms with Gasteiger partial charge in [-0.15, -0.1) is 0 Å². The summed E-state index contributed by atoms with van der Waals surface area (Å²) in [4.78, 5) is 0. The minimum absolute atomic E-state index is 0.485. The fourth-order valence-corrected chi connectivity index (χ4v) is 2.12. The Morgan fingerprint density at radius 2 is 1.86 bits per heavy atom. The van der Waals surface area contributed by atoms with Crippen molar-refractivity contribution >= 4 is 11.3 Å². The average Bonchev–Trinajstić information content (AvgIpc) is 2.66. The lowest BCUT2D eigenvalue weighted by atomic mass is 9.95. The maximum absolute atomic E-state index is 9.84. The number of fused-ring (bicyclic) bond motifs is 2. The first-order valence-electron chi connectivity index (χ1n) is 4.75. The van der Waals surface area contributed by atoms with Gasteiger partial charge in [-0.05, 0) is 16.4 Å². The van der Waals surface area contributed by atoms with E-state index >= 15 is 0 Å². The SMILES string of the molecule is OC1=c2ccccc2=C2C=CC=C2C1. The van der Waals surface area contributed by atoms with Crippen LogP contribution in [0.25, 0.3) is 11.3 Å². The molecule has 0 saturated heterocycles. The van der Waals surface area contributed by atoms with Crippen molar-refractivity contribution in [2.45, 2.75) is 6.42 Å². The molecule has 0 aromatic heterocycles. The predicted molar refractivity (Wildman–Crippen MR) is 57.0 cm³/mol. The van der Waals surface area contributed by atoms with Crippen molar-refractivity contribution in [3.8, 4) is 0 Å². The molecule has 1 aromatic carbocycles. The van der Waals surface area contributed by atoms with E-state index in [2.05, 4.69) is 18.2 Å². The maximum Gasteiger partial charge on any atom is 0.104 e. The lowest BCUT2D eigenvalue weighted by Crippen LogP contribution is -2.31. The summed E-state index contributed by atoms with van der Waals surface area (Å²) in [6.07, 6.45) is 6.89. The number of rotatable bonds is 0. The Kier molecular flexibility index (Phi) is 1.42. The highest BCUT2D eigenvalue weighted by Gasteiger charge is 2.14. The molecule has 2 aliphatic rings. The zero-order valence-corrected chi connectivity index (χ0v) is 7.70. The van der Waals surface area contributed by atoms with Crippen molar-refractivity contribution < 1.29 is 5.11 Å². The highest BCUT2D eigenvalue weighted by molar-refractivity contribution is 5.81. The van der Waals surface area contributed by atoms with Gasteiger partial charge in [0.1, 0.15) is 5.76 Å². The first-order chi connectivity index (χ1) is 6.86. The molecule has 1 nitrogen and oxygen atoms in total. The van der Waals surface area contributed by atoms with Crippen LogP contribution in [0.3, 0.4) is 0 Å². The third kappa shape index (κ3) is 0.896. The van der Waals surface area contributed by atoms with Crippen LogP contribution in [0.4, 0.5) is 0 Å². The normalized spacial score (nSPS) is 17.9. The van der Waals surface area contributed by atoms with E-state index in [9.17, 15) is 5.11 Å². The Balaban J connectivity index is 2.56. The molecule has 0 heterocycles. The second-order valence-electron chi connectivity index (χ2n) is 3.63. The van der Waals surface area contributed by atoms with Crippen LogP contribution in [0.2, 0.25) is 0 Å². The van der Waals surface area contributed by atoms with Crippen LogP contribution in [-0.4, -0.2) is 5.11 Å². The lowest BCUT2D eigenvalue weighted by molar-refractivity contribution is 0.486. The number of hydrogen-bond acceptors (Lipinski definition) is 1. The molecule has 0 atom stereocenters. The largest absolute Gasteiger partial charge is 0.511 e. The summed E-state index contributed by atoms with van der Waals surface area (Å²) in [5.41, 5.74) is 2.49. The van der Waals surface area contributed by atoms with E-state index in [0.717, 1.165) is 10.4 Å². The summed E-state index contributed by atoms with van der Waals surface area (Å²) in [7, 11) is 0. The second-order valence-corrected chi connectivity index (χ2v) is 3.63. The Morgan fingerprint density at radius 3 is 2.71 bits per heavy atom. The van der Waals surface area contributed by atoms with Gasteiger partial charge in [-0.3, -0.25) is 0 Å². The van der Waals surface area contributed by atoms with Crippen LogP contribution in [0, 0.1) is 0 Å². The van der Waals surface area contributed by atoms with Crippen LogP contribution in [0.5, 0.6) is 0 Å². The Labute approximate surface area is 82.0 Å². The Bertz CT molecular complexity index is 573. The monoisotopic (exact) mass is 182 g/mol. The summed E-state index contributed by atoms with van der Waals surface area (Å²) >= 11 is 0. The van der Waals surface area contributed by atoms with E-state index in [0.29, 0.717) is 12.2 Å². The number of aliphatic hydroxyl groups excluding tert-OH is 1. The fourth-order valence-electron chi connectivity index (χ4n) is 2.12. The van der Waals surface area contributed by atoms with Crippen molar-refractivity contribution in [1.82, 2.24) is 0 Å². The molecule has 14 heavy (non-hydrogen) atoms. The molecule has 3 rings (SSSR count). The van der Waals surface area contributed by atoms with Gasteiger partial charge in [0, 0.05) is 11.6 Å². The molecule has 0 bridgehead atoms. The minimum atomic E-state index is 0.485. The van der Waals surface area contributed by atoms with Gasteiger partial charge in [-0.2, -0.15) is 0 Å². The van der Waals surface area contributed by atoms with E-state index in [1.807, 2.05) is 24.3 Å². The van der Waals surface area contributed by atoms with Gasteiger partial charge in [0.2, 0.25) is 0 Å². The van der Waals surface area contributed by atoms with Crippen LogP contribution in [0.15, 0.2) is 48.1 Å².